The molecule has 1 N–H and O–H groups in total. The monoisotopic (exact) mass is 209 g/mol. The fourth-order valence-corrected chi connectivity index (χ4v) is 2.57. The molecular formula is C11H12ClNO. The number of hydrogen-bond acceptors (Lipinski definition) is 2. The lowest BCUT2D eigenvalue weighted by Crippen LogP contribution is -2.41. The van der Waals surface area contributed by atoms with E-state index >= 15 is 0 Å². The van der Waals surface area contributed by atoms with Crippen molar-refractivity contribution in [3.63, 3.8) is 0 Å². The minimum atomic E-state index is 0.220. The van der Waals surface area contributed by atoms with Crippen molar-refractivity contribution in [3.8, 4) is 0 Å². The van der Waals surface area contributed by atoms with Gasteiger partial charge in [-0.15, -0.1) is 0 Å². The van der Waals surface area contributed by atoms with Gasteiger partial charge in [-0.2, -0.15) is 0 Å². The fraction of sp³-hybridized carbons (Fsp3) is 0.455. The number of morpholine rings is 1. The highest BCUT2D eigenvalue weighted by atomic mass is 35.5. The minimum absolute atomic E-state index is 0.220. The third kappa shape index (κ3) is 1.26. The summed E-state index contributed by atoms with van der Waals surface area (Å²) in [6, 6.07) is 6.56. The van der Waals surface area contributed by atoms with E-state index in [0.29, 0.717) is 6.04 Å². The van der Waals surface area contributed by atoms with E-state index in [4.69, 9.17) is 16.3 Å². The van der Waals surface area contributed by atoms with E-state index < -0.39 is 0 Å². The van der Waals surface area contributed by atoms with Crippen LogP contribution in [0.15, 0.2) is 18.2 Å². The SMILES string of the molecule is Clc1ccc2c(c1)C1OCCNC1C2. The summed E-state index contributed by atoms with van der Waals surface area (Å²) in [6.07, 6.45) is 1.29. The number of ether oxygens (including phenoxy) is 1. The van der Waals surface area contributed by atoms with Crippen LogP contribution in [0.1, 0.15) is 17.2 Å². The van der Waals surface area contributed by atoms with Gasteiger partial charge in [-0.3, -0.25) is 0 Å². The summed E-state index contributed by atoms with van der Waals surface area (Å²) in [7, 11) is 0. The molecule has 1 aromatic carbocycles. The lowest BCUT2D eigenvalue weighted by atomic mass is 10.1. The van der Waals surface area contributed by atoms with Crippen LogP contribution in [0.2, 0.25) is 5.02 Å². The highest BCUT2D eigenvalue weighted by molar-refractivity contribution is 6.30. The lowest BCUT2D eigenvalue weighted by molar-refractivity contribution is 0.00358. The Labute approximate surface area is 88.2 Å². The van der Waals surface area contributed by atoms with Crippen molar-refractivity contribution in [2.75, 3.05) is 13.2 Å². The molecule has 0 radical (unpaired) electrons. The quantitative estimate of drug-likeness (QED) is 0.705. The van der Waals surface area contributed by atoms with Crippen molar-refractivity contribution >= 4 is 11.6 Å². The van der Waals surface area contributed by atoms with Crippen LogP contribution in [-0.2, 0) is 11.2 Å². The van der Waals surface area contributed by atoms with Gasteiger partial charge >= 0.3 is 0 Å². The van der Waals surface area contributed by atoms with Gasteiger partial charge < -0.3 is 10.1 Å². The molecule has 1 heterocycles. The predicted octanol–water partition coefficient (Wildman–Crippen LogP) is 1.93. The average molecular weight is 210 g/mol. The van der Waals surface area contributed by atoms with Crippen molar-refractivity contribution in [2.45, 2.75) is 18.6 Å². The van der Waals surface area contributed by atoms with Gasteiger partial charge in [-0.05, 0) is 29.7 Å². The van der Waals surface area contributed by atoms with E-state index in [-0.39, 0.29) is 6.10 Å². The molecule has 74 valence electrons. The Bertz CT molecular complexity index is 366. The number of nitrogens with one attached hydrogen (secondary N) is 1. The predicted molar refractivity (Wildman–Crippen MR) is 55.6 cm³/mol. The Kier molecular flexibility index (Phi) is 2.01. The first kappa shape index (κ1) is 8.72. The molecule has 3 rings (SSSR count). The Morgan fingerprint density at radius 1 is 1.43 bits per heavy atom. The maximum absolute atomic E-state index is 5.98. The van der Waals surface area contributed by atoms with Crippen LogP contribution in [0.25, 0.3) is 0 Å². The van der Waals surface area contributed by atoms with E-state index in [2.05, 4.69) is 11.4 Å². The molecule has 2 aliphatic rings. The molecule has 0 saturated carbocycles. The maximum atomic E-state index is 5.98. The Morgan fingerprint density at radius 3 is 3.29 bits per heavy atom. The molecule has 14 heavy (non-hydrogen) atoms. The smallest absolute Gasteiger partial charge is 0.0984 e. The summed E-state index contributed by atoms with van der Waals surface area (Å²) in [5.41, 5.74) is 2.65. The van der Waals surface area contributed by atoms with E-state index in [0.717, 1.165) is 24.6 Å². The zero-order chi connectivity index (χ0) is 9.54. The Balaban J connectivity index is 2.02. The van der Waals surface area contributed by atoms with Crippen LogP contribution in [0.5, 0.6) is 0 Å². The Morgan fingerprint density at radius 2 is 2.36 bits per heavy atom. The number of fused-ring (bicyclic) bond motifs is 3. The molecule has 3 heteroatoms. The summed E-state index contributed by atoms with van der Waals surface area (Å²) in [5.74, 6) is 0. The van der Waals surface area contributed by atoms with E-state index in [1.807, 2.05) is 12.1 Å². The van der Waals surface area contributed by atoms with E-state index in [1.165, 1.54) is 11.1 Å². The van der Waals surface area contributed by atoms with Gasteiger partial charge in [0, 0.05) is 17.6 Å². The minimum Gasteiger partial charge on any atom is -0.371 e. The first-order valence-electron chi connectivity index (χ1n) is 4.98. The van der Waals surface area contributed by atoms with Crippen LogP contribution in [0, 0.1) is 0 Å². The second kappa shape index (κ2) is 3.23. The second-order valence-electron chi connectivity index (χ2n) is 3.90. The van der Waals surface area contributed by atoms with E-state index in [9.17, 15) is 0 Å². The molecule has 2 unspecified atom stereocenters. The maximum Gasteiger partial charge on any atom is 0.0984 e. The van der Waals surface area contributed by atoms with Gasteiger partial charge in [0.2, 0.25) is 0 Å². The first-order valence-corrected chi connectivity index (χ1v) is 5.36. The molecule has 0 spiro atoms. The summed E-state index contributed by atoms with van der Waals surface area (Å²) in [4.78, 5) is 0. The van der Waals surface area contributed by atoms with Gasteiger partial charge in [-0.25, -0.2) is 0 Å². The van der Waals surface area contributed by atoms with Crippen molar-refractivity contribution in [3.05, 3.63) is 34.3 Å². The molecule has 0 amide bonds. The summed E-state index contributed by atoms with van der Waals surface area (Å²) < 4.78 is 5.76. The number of rotatable bonds is 0. The van der Waals surface area contributed by atoms with Gasteiger partial charge in [-0.1, -0.05) is 17.7 Å². The number of hydrogen-bond donors (Lipinski definition) is 1. The van der Waals surface area contributed by atoms with Crippen LogP contribution in [0.4, 0.5) is 0 Å². The molecule has 2 nitrogen and oxygen atoms in total. The third-order valence-corrected chi connectivity index (χ3v) is 3.26. The van der Waals surface area contributed by atoms with Gasteiger partial charge in [0.15, 0.2) is 0 Å². The zero-order valence-electron chi connectivity index (χ0n) is 7.79. The van der Waals surface area contributed by atoms with Crippen molar-refractivity contribution in [2.24, 2.45) is 0 Å². The van der Waals surface area contributed by atoms with Crippen LogP contribution >= 0.6 is 11.6 Å². The van der Waals surface area contributed by atoms with Crippen molar-refractivity contribution in [1.82, 2.24) is 5.32 Å². The third-order valence-electron chi connectivity index (χ3n) is 3.03. The first-order chi connectivity index (χ1) is 6.84. The molecule has 1 aliphatic carbocycles. The second-order valence-corrected chi connectivity index (χ2v) is 4.34. The molecule has 1 fully saturated rings. The summed E-state index contributed by atoms with van der Waals surface area (Å²) in [5, 5.41) is 4.28. The van der Waals surface area contributed by atoms with Gasteiger partial charge in [0.05, 0.1) is 12.7 Å². The van der Waals surface area contributed by atoms with Crippen molar-refractivity contribution in [1.29, 1.82) is 0 Å². The number of benzene rings is 1. The molecular weight excluding hydrogens is 198 g/mol. The van der Waals surface area contributed by atoms with E-state index in [1.54, 1.807) is 0 Å². The highest BCUT2D eigenvalue weighted by Gasteiger charge is 2.34. The molecule has 1 aliphatic heterocycles. The highest BCUT2D eigenvalue weighted by Crippen LogP contribution is 2.36. The zero-order valence-corrected chi connectivity index (χ0v) is 8.55. The molecule has 1 saturated heterocycles. The largest absolute Gasteiger partial charge is 0.371 e. The molecule has 1 aromatic rings. The topological polar surface area (TPSA) is 21.3 Å². The Hall–Kier alpha value is -0.570. The molecule has 0 aromatic heterocycles. The summed E-state index contributed by atoms with van der Waals surface area (Å²) in [6.45, 7) is 1.76. The van der Waals surface area contributed by atoms with Gasteiger partial charge in [0.1, 0.15) is 0 Å². The average Bonchev–Trinajstić information content (AvgIpc) is 2.56. The van der Waals surface area contributed by atoms with Gasteiger partial charge in [0.25, 0.3) is 0 Å². The van der Waals surface area contributed by atoms with Crippen LogP contribution in [0.3, 0.4) is 0 Å². The summed E-state index contributed by atoms with van der Waals surface area (Å²) >= 11 is 5.98. The normalized spacial score (nSPS) is 29.8. The number of halogens is 1. The molecule has 2 atom stereocenters. The van der Waals surface area contributed by atoms with Crippen LogP contribution < -0.4 is 5.32 Å². The molecule has 0 bridgehead atoms. The van der Waals surface area contributed by atoms with Crippen LogP contribution in [-0.4, -0.2) is 19.2 Å². The lowest BCUT2D eigenvalue weighted by Gasteiger charge is -2.27. The standard InChI is InChI=1S/C11H12ClNO/c12-8-2-1-7-5-10-11(9(7)6-8)14-4-3-13-10/h1-2,6,10-11,13H,3-5H2. The fourth-order valence-electron chi connectivity index (χ4n) is 2.39. The van der Waals surface area contributed by atoms with Crippen molar-refractivity contribution < 1.29 is 4.74 Å².